The molecular formula is C23H19F4N7O2. The molecule has 13 heteroatoms. The van der Waals surface area contributed by atoms with E-state index in [4.69, 9.17) is 0 Å². The topological polar surface area (TPSA) is 114 Å². The van der Waals surface area contributed by atoms with Crippen LogP contribution in [0.4, 0.5) is 39.7 Å². The zero-order valence-corrected chi connectivity index (χ0v) is 18.9. The number of nitrogens with one attached hydrogen (secondary N) is 3. The number of aryl methyl sites for hydroxylation is 1. The SMILES string of the molecule is CCn1c(=O)c(-c2ccc(F)c(NC(=O)Nc3cncc(C(F)(F)F)c3)c2)cc2cnc(NC)nc21. The molecule has 9 nitrogen and oxygen atoms in total. The number of nitrogens with zero attached hydrogens (tertiary/aromatic N) is 4. The van der Waals surface area contributed by atoms with E-state index in [1.807, 2.05) is 0 Å². The van der Waals surface area contributed by atoms with Crippen LogP contribution in [0.3, 0.4) is 0 Å². The molecule has 0 saturated heterocycles. The van der Waals surface area contributed by atoms with Crippen molar-refractivity contribution in [2.24, 2.45) is 0 Å². The second-order valence-corrected chi connectivity index (χ2v) is 7.56. The van der Waals surface area contributed by atoms with Crippen LogP contribution in [0.1, 0.15) is 12.5 Å². The first-order chi connectivity index (χ1) is 17.1. The lowest BCUT2D eigenvalue weighted by Gasteiger charge is -2.13. The predicted molar refractivity (Wildman–Crippen MR) is 126 cm³/mol. The van der Waals surface area contributed by atoms with Crippen LogP contribution < -0.4 is 21.5 Å². The summed E-state index contributed by atoms with van der Waals surface area (Å²) in [6.07, 6.45) is -1.47. The smallest absolute Gasteiger partial charge is 0.357 e. The molecule has 0 bridgehead atoms. The summed E-state index contributed by atoms with van der Waals surface area (Å²) in [7, 11) is 1.65. The molecule has 0 aliphatic rings. The number of benzene rings is 1. The van der Waals surface area contributed by atoms with Gasteiger partial charge in [0.15, 0.2) is 0 Å². The monoisotopic (exact) mass is 501 g/mol. The van der Waals surface area contributed by atoms with Crippen molar-refractivity contribution in [1.29, 1.82) is 0 Å². The lowest BCUT2D eigenvalue weighted by atomic mass is 10.0. The Bertz CT molecular complexity index is 1520. The lowest BCUT2D eigenvalue weighted by Crippen LogP contribution is -2.23. The van der Waals surface area contributed by atoms with Crippen molar-refractivity contribution >= 4 is 34.4 Å². The highest BCUT2D eigenvalue weighted by Gasteiger charge is 2.31. The molecule has 0 spiro atoms. The number of alkyl halides is 3. The summed E-state index contributed by atoms with van der Waals surface area (Å²) >= 11 is 0. The first-order valence-corrected chi connectivity index (χ1v) is 10.6. The normalized spacial score (nSPS) is 11.4. The number of carbonyl (C=O) groups is 1. The van der Waals surface area contributed by atoms with E-state index in [0.717, 1.165) is 12.3 Å². The molecule has 3 heterocycles. The van der Waals surface area contributed by atoms with Gasteiger partial charge >= 0.3 is 12.2 Å². The van der Waals surface area contributed by atoms with Crippen LogP contribution in [-0.2, 0) is 12.7 Å². The molecule has 2 amide bonds. The molecule has 3 N–H and O–H groups in total. The fourth-order valence-corrected chi connectivity index (χ4v) is 3.52. The molecule has 4 aromatic rings. The summed E-state index contributed by atoms with van der Waals surface area (Å²) in [4.78, 5) is 37.5. The molecule has 0 aliphatic carbocycles. The third-order valence-corrected chi connectivity index (χ3v) is 5.22. The number of anilines is 3. The zero-order valence-electron chi connectivity index (χ0n) is 18.9. The molecule has 0 atom stereocenters. The highest BCUT2D eigenvalue weighted by molar-refractivity contribution is 6.00. The maximum atomic E-state index is 14.5. The molecular weight excluding hydrogens is 482 g/mol. The molecule has 186 valence electrons. The Morgan fingerprint density at radius 2 is 1.86 bits per heavy atom. The lowest BCUT2D eigenvalue weighted by molar-refractivity contribution is -0.137. The number of fused-ring (bicyclic) bond motifs is 1. The number of rotatable bonds is 5. The van der Waals surface area contributed by atoms with E-state index in [2.05, 4.69) is 30.9 Å². The molecule has 0 unspecified atom stereocenters. The van der Waals surface area contributed by atoms with E-state index >= 15 is 0 Å². The van der Waals surface area contributed by atoms with Gasteiger partial charge in [0.25, 0.3) is 5.56 Å². The standard InChI is InChI=1S/C23H19F4N7O2/c1-3-34-19-13(9-30-21(28-2)33-19)6-16(20(34)35)12-4-5-17(24)18(7-12)32-22(36)31-15-8-14(10-29-11-15)23(25,26)27/h4-11H,3H2,1-2H3,(H,28,30,33)(H2,31,32,36). The second-order valence-electron chi connectivity index (χ2n) is 7.56. The Morgan fingerprint density at radius 1 is 1.08 bits per heavy atom. The van der Waals surface area contributed by atoms with Crippen molar-refractivity contribution < 1.29 is 22.4 Å². The van der Waals surface area contributed by atoms with Crippen LogP contribution in [0.5, 0.6) is 0 Å². The third kappa shape index (κ3) is 4.94. The van der Waals surface area contributed by atoms with Gasteiger partial charge in [-0.3, -0.25) is 14.3 Å². The molecule has 0 saturated carbocycles. The highest BCUT2D eigenvalue weighted by atomic mass is 19.4. The Balaban J connectivity index is 1.66. The van der Waals surface area contributed by atoms with Crippen molar-refractivity contribution in [2.45, 2.75) is 19.6 Å². The van der Waals surface area contributed by atoms with Crippen LogP contribution in [0, 0.1) is 5.82 Å². The maximum absolute atomic E-state index is 14.5. The van der Waals surface area contributed by atoms with Crippen molar-refractivity contribution in [2.75, 3.05) is 23.0 Å². The van der Waals surface area contributed by atoms with Crippen molar-refractivity contribution in [3.05, 3.63) is 70.7 Å². The molecule has 3 aromatic heterocycles. The summed E-state index contributed by atoms with van der Waals surface area (Å²) in [5, 5.41) is 7.82. The second kappa shape index (κ2) is 9.60. The van der Waals surface area contributed by atoms with Crippen molar-refractivity contribution in [3.8, 4) is 11.1 Å². The van der Waals surface area contributed by atoms with Gasteiger partial charge in [-0.1, -0.05) is 6.07 Å². The maximum Gasteiger partial charge on any atom is 0.417 e. The number of hydrogen-bond acceptors (Lipinski definition) is 6. The van der Waals surface area contributed by atoms with Gasteiger partial charge in [-0.2, -0.15) is 18.2 Å². The minimum atomic E-state index is -4.65. The molecule has 0 aliphatic heterocycles. The van der Waals surface area contributed by atoms with Crippen LogP contribution >= 0.6 is 0 Å². The van der Waals surface area contributed by atoms with Gasteiger partial charge in [-0.15, -0.1) is 0 Å². The predicted octanol–water partition coefficient (Wildman–Crippen LogP) is 4.72. The minimum absolute atomic E-state index is 0.218. The Kier molecular flexibility index (Phi) is 6.55. The molecule has 4 rings (SSSR count). The van der Waals surface area contributed by atoms with Gasteiger partial charge in [0.05, 0.1) is 23.1 Å². The first-order valence-electron chi connectivity index (χ1n) is 10.6. The number of aromatic nitrogens is 4. The fourth-order valence-electron chi connectivity index (χ4n) is 3.52. The Labute approximate surface area is 201 Å². The first kappa shape index (κ1) is 24.6. The van der Waals surface area contributed by atoms with E-state index in [1.54, 1.807) is 26.2 Å². The van der Waals surface area contributed by atoms with Gasteiger partial charge in [0.1, 0.15) is 11.5 Å². The van der Waals surface area contributed by atoms with E-state index in [0.29, 0.717) is 41.4 Å². The molecule has 0 fully saturated rings. The van der Waals surface area contributed by atoms with Crippen LogP contribution in [0.25, 0.3) is 22.2 Å². The van der Waals surface area contributed by atoms with E-state index in [9.17, 15) is 27.2 Å². The van der Waals surface area contributed by atoms with E-state index in [-0.39, 0.29) is 22.5 Å². The minimum Gasteiger partial charge on any atom is -0.357 e. The average Bonchev–Trinajstić information content (AvgIpc) is 2.84. The fraction of sp³-hybridized carbons (Fsp3) is 0.174. The van der Waals surface area contributed by atoms with Gasteiger partial charge in [-0.05, 0) is 36.8 Å². The van der Waals surface area contributed by atoms with Gasteiger partial charge in [0, 0.05) is 36.9 Å². The Hall–Kier alpha value is -4.55. The van der Waals surface area contributed by atoms with Crippen molar-refractivity contribution in [1.82, 2.24) is 19.5 Å². The number of carbonyl (C=O) groups excluding carboxylic acids is 1. The van der Waals surface area contributed by atoms with Crippen LogP contribution in [0.2, 0.25) is 0 Å². The van der Waals surface area contributed by atoms with Gasteiger partial charge in [-0.25, -0.2) is 14.2 Å². The van der Waals surface area contributed by atoms with E-state index < -0.39 is 23.6 Å². The number of hydrogen-bond donors (Lipinski definition) is 3. The van der Waals surface area contributed by atoms with Crippen molar-refractivity contribution in [3.63, 3.8) is 0 Å². The number of urea groups is 1. The van der Waals surface area contributed by atoms with Crippen LogP contribution in [0.15, 0.2) is 53.7 Å². The summed E-state index contributed by atoms with van der Waals surface area (Å²) < 4.78 is 54.5. The van der Waals surface area contributed by atoms with Gasteiger partial charge in [0.2, 0.25) is 5.95 Å². The zero-order chi connectivity index (χ0) is 26.0. The van der Waals surface area contributed by atoms with Gasteiger partial charge < -0.3 is 16.0 Å². The molecule has 1 aromatic carbocycles. The third-order valence-electron chi connectivity index (χ3n) is 5.22. The summed E-state index contributed by atoms with van der Waals surface area (Å²) in [6, 6.07) is 4.96. The summed E-state index contributed by atoms with van der Waals surface area (Å²) in [5.41, 5.74) is -1.02. The number of halogens is 4. The number of amides is 2. The van der Waals surface area contributed by atoms with E-state index in [1.165, 1.54) is 16.7 Å². The molecule has 36 heavy (non-hydrogen) atoms. The summed E-state index contributed by atoms with van der Waals surface area (Å²) in [6.45, 7) is 2.08. The summed E-state index contributed by atoms with van der Waals surface area (Å²) in [5.74, 6) is -0.471. The molecule has 0 radical (unpaired) electrons. The largest absolute Gasteiger partial charge is 0.417 e. The Morgan fingerprint density at radius 3 is 2.56 bits per heavy atom. The highest BCUT2D eigenvalue weighted by Crippen LogP contribution is 2.30. The average molecular weight is 501 g/mol. The number of pyridine rings is 2. The van der Waals surface area contributed by atoms with Crippen LogP contribution in [-0.4, -0.2) is 32.6 Å². The quantitative estimate of drug-likeness (QED) is 0.341.